The molecule has 2 nitrogen and oxygen atoms in total. The lowest BCUT2D eigenvalue weighted by Crippen LogP contribution is -2.36. The summed E-state index contributed by atoms with van der Waals surface area (Å²) in [6, 6.07) is 0. The van der Waals surface area contributed by atoms with Crippen LogP contribution in [0.1, 0.15) is 45.4 Å². The first-order valence-electron chi connectivity index (χ1n) is 7.31. The van der Waals surface area contributed by atoms with Gasteiger partial charge in [-0.25, -0.2) is 0 Å². The number of hydrogen-bond acceptors (Lipinski definition) is 2. The van der Waals surface area contributed by atoms with Crippen LogP contribution >= 0.6 is 12.4 Å². The molecule has 0 bridgehead atoms. The standard InChI is InChI=1S/C14H28N2.ClH/c1-2-13-5-10-16(11-6-13)12-7-14-3-8-15-9-4-14;/h13-15H,2-12H2,1H3;1H. The van der Waals surface area contributed by atoms with Gasteiger partial charge < -0.3 is 10.2 Å². The average molecular weight is 261 g/mol. The Morgan fingerprint density at radius 3 is 2.24 bits per heavy atom. The van der Waals surface area contributed by atoms with Crippen molar-refractivity contribution in [2.45, 2.75) is 45.4 Å². The third-order valence-corrected chi connectivity index (χ3v) is 4.60. The molecule has 2 rings (SSSR count). The fraction of sp³-hybridized carbons (Fsp3) is 1.00. The van der Waals surface area contributed by atoms with Crippen LogP contribution in [-0.2, 0) is 0 Å². The van der Waals surface area contributed by atoms with Gasteiger partial charge in [0.2, 0.25) is 0 Å². The van der Waals surface area contributed by atoms with Gasteiger partial charge in [-0.15, -0.1) is 12.4 Å². The first kappa shape index (κ1) is 15.3. The summed E-state index contributed by atoms with van der Waals surface area (Å²) < 4.78 is 0. The van der Waals surface area contributed by atoms with E-state index in [2.05, 4.69) is 17.1 Å². The predicted molar refractivity (Wildman–Crippen MR) is 76.9 cm³/mol. The summed E-state index contributed by atoms with van der Waals surface area (Å²) in [7, 11) is 0. The fourth-order valence-corrected chi connectivity index (χ4v) is 3.15. The van der Waals surface area contributed by atoms with Gasteiger partial charge in [-0.2, -0.15) is 0 Å². The molecular formula is C14H29ClN2. The maximum Gasteiger partial charge on any atom is -0.00161 e. The molecule has 2 heterocycles. The molecule has 0 spiro atoms. The van der Waals surface area contributed by atoms with Crippen molar-refractivity contribution in [3.8, 4) is 0 Å². The SMILES string of the molecule is CCC1CCN(CCC2CCNCC2)CC1.Cl. The Bertz CT molecular complexity index is 185. The zero-order chi connectivity index (χ0) is 11.2. The molecule has 17 heavy (non-hydrogen) atoms. The van der Waals surface area contributed by atoms with Crippen molar-refractivity contribution < 1.29 is 0 Å². The summed E-state index contributed by atoms with van der Waals surface area (Å²) in [5, 5.41) is 3.45. The van der Waals surface area contributed by atoms with Gasteiger partial charge in [0, 0.05) is 0 Å². The average Bonchev–Trinajstić information content (AvgIpc) is 2.38. The Labute approximate surface area is 113 Å². The molecule has 0 saturated carbocycles. The van der Waals surface area contributed by atoms with Gasteiger partial charge in [0.15, 0.2) is 0 Å². The van der Waals surface area contributed by atoms with Crippen LogP contribution < -0.4 is 5.32 Å². The van der Waals surface area contributed by atoms with Crippen molar-refractivity contribution in [2.24, 2.45) is 11.8 Å². The summed E-state index contributed by atoms with van der Waals surface area (Å²) in [5.74, 6) is 2.03. The summed E-state index contributed by atoms with van der Waals surface area (Å²) in [5.41, 5.74) is 0. The smallest absolute Gasteiger partial charge is 0.00161 e. The second kappa shape index (κ2) is 8.34. The third-order valence-electron chi connectivity index (χ3n) is 4.60. The van der Waals surface area contributed by atoms with Crippen LogP contribution in [0.4, 0.5) is 0 Å². The van der Waals surface area contributed by atoms with Crippen LogP contribution in [0.5, 0.6) is 0 Å². The second-order valence-corrected chi connectivity index (χ2v) is 5.68. The lowest BCUT2D eigenvalue weighted by atomic mass is 9.92. The number of rotatable bonds is 4. The van der Waals surface area contributed by atoms with E-state index in [4.69, 9.17) is 0 Å². The highest BCUT2D eigenvalue weighted by molar-refractivity contribution is 5.85. The number of nitrogens with zero attached hydrogens (tertiary/aromatic N) is 1. The Balaban J connectivity index is 0.00000144. The van der Waals surface area contributed by atoms with Crippen LogP contribution in [0.3, 0.4) is 0 Å². The highest BCUT2D eigenvalue weighted by atomic mass is 35.5. The number of piperidine rings is 2. The molecule has 2 fully saturated rings. The van der Waals surface area contributed by atoms with E-state index in [0.717, 1.165) is 11.8 Å². The quantitative estimate of drug-likeness (QED) is 0.836. The molecule has 2 saturated heterocycles. The molecule has 2 aliphatic rings. The maximum absolute atomic E-state index is 3.45. The molecular weight excluding hydrogens is 232 g/mol. The molecule has 2 aliphatic heterocycles. The van der Waals surface area contributed by atoms with E-state index in [-0.39, 0.29) is 12.4 Å². The molecule has 0 radical (unpaired) electrons. The van der Waals surface area contributed by atoms with Crippen molar-refractivity contribution >= 4 is 12.4 Å². The molecule has 3 heteroatoms. The molecule has 0 aromatic heterocycles. The van der Waals surface area contributed by atoms with Crippen LogP contribution in [0.2, 0.25) is 0 Å². The van der Waals surface area contributed by atoms with Crippen LogP contribution in [0.25, 0.3) is 0 Å². The van der Waals surface area contributed by atoms with E-state index in [1.54, 1.807) is 0 Å². The molecule has 0 atom stereocenters. The molecule has 1 N–H and O–H groups in total. The molecule has 0 aliphatic carbocycles. The second-order valence-electron chi connectivity index (χ2n) is 5.68. The number of halogens is 1. The van der Waals surface area contributed by atoms with Gasteiger partial charge in [-0.05, 0) is 76.7 Å². The number of likely N-dealkylation sites (tertiary alicyclic amines) is 1. The van der Waals surface area contributed by atoms with E-state index in [9.17, 15) is 0 Å². The minimum Gasteiger partial charge on any atom is -0.317 e. The van der Waals surface area contributed by atoms with Gasteiger partial charge in [0.1, 0.15) is 0 Å². The Hall–Kier alpha value is 0.210. The van der Waals surface area contributed by atoms with Crippen molar-refractivity contribution in [3.05, 3.63) is 0 Å². The van der Waals surface area contributed by atoms with Crippen molar-refractivity contribution in [1.82, 2.24) is 10.2 Å². The highest BCUT2D eigenvalue weighted by Crippen LogP contribution is 2.22. The Morgan fingerprint density at radius 1 is 1.00 bits per heavy atom. The van der Waals surface area contributed by atoms with E-state index >= 15 is 0 Å². The van der Waals surface area contributed by atoms with E-state index < -0.39 is 0 Å². The molecule has 102 valence electrons. The normalized spacial score (nSPS) is 24.5. The number of hydrogen-bond donors (Lipinski definition) is 1. The van der Waals surface area contributed by atoms with Crippen LogP contribution in [0, 0.1) is 11.8 Å². The topological polar surface area (TPSA) is 15.3 Å². The van der Waals surface area contributed by atoms with Crippen molar-refractivity contribution in [2.75, 3.05) is 32.7 Å². The lowest BCUT2D eigenvalue weighted by Gasteiger charge is -2.33. The molecule has 0 aromatic carbocycles. The van der Waals surface area contributed by atoms with Gasteiger partial charge >= 0.3 is 0 Å². The first-order valence-corrected chi connectivity index (χ1v) is 7.31. The minimum absolute atomic E-state index is 0. The van der Waals surface area contributed by atoms with Gasteiger partial charge in [0.05, 0.1) is 0 Å². The lowest BCUT2D eigenvalue weighted by molar-refractivity contribution is 0.166. The zero-order valence-electron chi connectivity index (χ0n) is 11.3. The summed E-state index contributed by atoms with van der Waals surface area (Å²) in [6.45, 7) is 8.94. The molecule has 0 unspecified atom stereocenters. The minimum atomic E-state index is 0. The van der Waals surface area contributed by atoms with Gasteiger partial charge in [-0.1, -0.05) is 13.3 Å². The van der Waals surface area contributed by atoms with E-state index in [0.29, 0.717) is 0 Å². The summed E-state index contributed by atoms with van der Waals surface area (Å²) in [4.78, 5) is 2.70. The van der Waals surface area contributed by atoms with Gasteiger partial charge in [-0.3, -0.25) is 0 Å². The zero-order valence-corrected chi connectivity index (χ0v) is 12.1. The molecule has 0 amide bonds. The highest BCUT2D eigenvalue weighted by Gasteiger charge is 2.19. The maximum atomic E-state index is 3.45. The summed E-state index contributed by atoms with van der Waals surface area (Å²) in [6.07, 6.45) is 8.54. The number of nitrogens with one attached hydrogen (secondary N) is 1. The van der Waals surface area contributed by atoms with E-state index in [1.165, 1.54) is 71.2 Å². The first-order chi connectivity index (χ1) is 7.88. The van der Waals surface area contributed by atoms with Crippen molar-refractivity contribution in [1.29, 1.82) is 0 Å². The Morgan fingerprint density at radius 2 is 1.65 bits per heavy atom. The fourth-order valence-electron chi connectivity index (χ4n) is 3.15. The van der Waals surface area contributed by atoms with Crippen LogP contribution in [-0.4, -0.2) is 37.6 Å². The van der Waals surface area contributed by atoms with Crippen molar-refractivity contribution in [3.63, 3.8) is 0 Å². The summed E-state index contributed by atoms with van der Waals surface area (Å²) >= 11 is 0. The monoisotopic (exact) mass is 260 g/mol. The Kier molecular flexibility index (Phi) is 7.49. The molecule has 0 aromatic rings. The predicted octanol–water partition coefficient (Wildman–Crippen LogP) is 2.92. The van der Waals surface area contributed by atoms with Crippen LogP contribution in [0.15, 0.2) is 0 Å². The van der Waals surface area contributed by atoms with E-state index in [1.807, 2.05) is 0 Å². The third kappa shape index (κ3) is 5.15. The largest absolute Gasteiger partial charge is 0.317 e. The van der Waals surface area contributed by atoms with Gasteiger partial charge in [0.25, 0.3) is 0 Å².